The number of rotatable bonds is 10. The van der Waals surface area contributed by atoms with Gasteiger partial charge in [-0.15, -0.1) is 0 Å². The molecule has 33 heavy (non-hydrogen) atoms. The monoisotopic (exact) mass is 520 g/mol. The van der Waals surface area contributed by atoms with Gasteiger partial charge in [0.05, 0.1) is 0 Å². The average molecular weight is 522 g/mol. The van der Waals surface area contributed by atoms with Crippen LogP contribution >= 0.6 is 0 Å². The summed E-state index contributed by atoms with van der Waals surface area (Å²) in [4.78, 5) is 4.36. The molecule has 2 aromatic rings. The number of hydrogen-bond acceptors (Lipinski definition) is 4. The van der Waals surface area contributed by atoms with Gasteiger partial charge >= 0.3 is 205 Å². The van der Waals surface area contributed by atoms with Crippen LogP contribution in [0, 0.1) is 0 Å². The minimum absolute atomic E-state index is 0.823. The Hall–Kier alpha value is -2.20. The zero-order chi connectivity index (χ0) is 23.3. The molecule has 0 bridgehead atoms. The Morgan fingerprint density at radius 3 is 1.45 bits per heavy atom. The second-order valence-corrected chi connectivity index (χ2v) is 16.4. The van der Waals surface area contributed by atoms with Gasteiger partial charge in [-0.1, -0.05) is 0 Å². The second kappa shape index (κ2) is 10.8. The van der Waals surface area contributed by atoms with Gasteiger partial charge in [-0.25, -0.2) is 0 Å². The predicted molar refractivity (Wildman–Crippen MR) is 133 cm³/mol. The molecule has 0 aromatic heterocycles. The van der Waals surface area contributed by atoms with Crippen LogP contribution in [-0.2, 0) is 34.2 Å². The average Bonchev–Trinajstić information content (AvgIpc) is 3.50. The number of hydrogen-bond donors (Lipinski definition) is 0. The maximum absolute atomic E-state index is 7.20. The third kappa shape index (κ3) is 5.66. The Bertz CT molecular complexity index is 1010. The van der Waals surface area contributed by atoms with Crippen molar-refractivity contribution in [1.29, 1.82) is 0 Å². The fourth-order valence-electron chi connectivity index (χ4n) is 4.33. The number of benzene rings is 2. The molecule has 0 radical (unpaired) electrons. The molecule has 4 rings (SSSR count). The molecular weight excluding hydrogens is 488 g/mol. The number of para-hydroxylation sites is 2. The van der Waals surface area contributed by atoms with Gasteiger partial charge in [-0.3, -0.25) is 0 Å². The van der Waals surface area contributed by atoms with E-state index in [-0.39, 0.29) is 0 Å². The summed E-state index contributed by atoms with van der Waals surface area (Å²) in [6.45, 7) is 1.65. The van der Waals surface area contributed by atoms with E-state index in [0.29, 0.717) is 0 Å². The molecule has 5 heteroatoms. The standard InChI is InChI=1S/2C9H13NO.2C5H5.Zr/c2*1-10(2)7-8-5-3-4-6-9(8)11;2*1-2-4-5-3-1;/h2*3-6,11H,7H2,1-2H3;2*1-3H,4H2;/q;;;;+2/p-2. The Morgan fingerprint density at radius 2 is 1.09 bits per heavy atom. The molecule has 0 atom stereocenters. The van der Waals surface area contributed by atoms with Crippen LogP contribution in [0.5, 0.6) is 11.5 Å². The van der Waals surface area contributed by atoms with Crippen LogP contribution in [0.2, 0.25) is 0 Å². The Kier molecular flexibility index (Phi) is 7.85. The first-order valence-corrected chi connectivity index (χ1v) is 16.0. The van der Waals surface area contributed by atoms with Crippen LogP contribution in [0.4, 0.5) is 0 Å². The quantitative estimate of drug-likeness (QED) is 0.386. The molecule has 0 spiro atoms. The predicted octanol–water partition coefficient (Wildman–Crippen LogP) is 5.94. The molecule has 0 N–H and O–H groups in total. The summed E-state index contributed by atoms with van der Waals surface area (Å²) in [6, 6.07) is 16.8. The fourth-order valence-corrected chi connectivity index (χ4v) is 12.7. The summed E-state index contributed by atoms with van der Waals surface area (Å²) in [5, 5.41) is 0. The van der Waals surface area contributed by atoms with Crippen molar-refractivity contribution < 1.29 is 26.8 Å². The molecule has 0 aliphatic heterocycles. The van der Waals surface area contributed by atoms with Gasteiger partial charge < -0.3 is 0 Å². The van der Waals surface area contributed by atoms with Crippen LogP contribution in [-0.4, -0.2) is 38.0 Å². The molecule has 0 heterocycles. The van der Waals surface area contributed by atoms with Crippen molar-refractivity contribution in [3.05, 3.63) is 103 Å². The fraction of sp³-hybridized carbons (Fsp3) is 0.286. The molecule has 0 saturated heterocycles. The van der Waals surface area contributed by atoms with Gasteiger partial charge in [0.2, 0.25) is 0 Å². The van der Waals surface area contributed by atoms with Gasteiger partial charge in [-0.2, -0.15) is 0 Å². The van der Waals surface area contributed by atoms with Gasteiger partial charge in [0.15, 0.2) is 0 Å². The zero-order valence-electron chi connectivity index (χ0n) is 20.1. The molecule has 172 valence electrons. The van der Waals surface area contributed by atoms with E-state index in [2.05, 4.69) is 123 Å². The van der Waals surface area contributed by atoms with Gasteiger partial charge in [0.1, 0.15) is 0 Å². The van der Waals surface area contributed by atoms with E-state index >= 15 is 0 Å². The van der Waals surface area contributed by atoms with Gasteiger partial charge in [-0.05, 0) is 0 Å². The first-order chi connectivity index (χ1) is 16.0. The molecule has 0 unspecified atom stereocenters. The Labute approximate surface area is 204 Å². The summed E-state index contributed by atoms with van der Waals surface area (Å²) in [5.74, 6) is 1.88. The van der Waals surface area contributed by atoms with Crippen LogP contribution in [0.25, 0.3) is 0 Å². The Balaban J connectivity index is 1.82. The molecular formula is C28H34N2O2Zr. The molecule has 2 aromatic carbocycles. The molecule has 4 nitrogen and oxygen atoms in total. The molecule has 0 saturated carbocycles. The molecule has 2 aliphatic carbocycles. The Morgan fingerprint density at radius 1 is 0.667 bits per heavy atom. The van der Waals surface area contributed by atoms with Crippen molar-refractivity contribution in [2.45, 2.75) is 25.9 Å². The van der Waals surface area contributed by atoms with Gasteiger partial charge in [0, 0.05) is 0 Å². The first-order valence-electron chi connectivity index (χ1n) is 11.5. The summed E-state index contributed by atoms with van der Waals surface area (Å²) in [5.41, 5.74) is 2.37. The number of nitrogens with zero attached hydrogens (tertiary/aromatic N) is 2. The summed E-state index contributed by atoms with van der Waals surface area (Å²) in [6.07, 6.45) is 15.0. The summed E-state index contributed by atoms with van der Waals surface area (Å²) >= 11 is -4.04. The maximum atomic E-state index is 7.20. The third-order valence-corrected chi connectivity index (χ3v) is 14.3. The first kappa shape index (κ1) is 23.9. The van der Waals surface area contributed by atoms with E-state index < -0.39 is 21.1 Å². The summed E-state index contributed by atoms with van der Waals surface area (Å²) in [7, 11) is 8.37. The van der Waals surface area contributed by atoms with E-state index in [1.807, 2.05) is 0 Å². The minimum atomic E-state index is -4.04. The molecule has 0 amide bonds. The van der Waals surface area contributed by atoms with E-state index in [9.17, 15) is 0 Å². The summed E-state index contributed by atoms with van der Waals surface area (Å²) < 4.78 is 17.0. The molecule has 0 fully saturated rings. The number of allylic oxidation sites excluding steroid dienone is 8. The SMILES string of the molecule is CN(C)Cc1ccccc1[O][Zr]([O]c1ccccc1CN(C)C)([C]1=CC=CC1)[C]1=CC=CC1. The van der Waals surface area contributed by atoms with E-state index in [0.717, 1.165) is 37.4 Å². The van der Waals surface area contributed by atoms with Crippen molar-refractivity contribution in [3.8, 4) is 11.5 Å². The van der Waals surface area contributed by atoms with Gasteiger partial charge in [0.25, 0.3) is 0 Å². The van der Waals surface area contributed by atoms with Crippen LogP contribution in [0.15, 0.2) is 91.5 Å². The zero-order valence-corrected chi connectivity index (χ0v) is 22.6. The van der Waals surface area contributed by atoms with Crippen molar-refractivity contribution >= 4 is 0 Å². The van der Waals surface area contributed by atoms with Crippen LogP contribution < -0.4 is 5.63 Å². The van der Waals surface area contributed by atoms with E-state index in [4.69, 9.17) is 5.63 Å². The second-order valence-electron chi connectivity index (χ2n) is 9.16. The molecule has 2 aliphatic rings. The van der Waals surface area contributed by atoms with Crippen molar-refractivity contribution in [3.63, 3.8) is 0 Å². The van der Waals surface area contributed by atoms with Crippen molar-refractivity contribution in [2.75, 3.05) is 28.2 Å². The van der Waals surface area contributed by atoms with Crippen molar-refractivity contribution in [1.82, 2.24) is 9.80 Å². The van der Waals surface area contributed by atoms with E-state index in [1.54, 1.807) is 0 Å². The third-order valence-electron chi connectivity index (χ3n) is 5.81. The topological polar surface area (TPSA) is 24.9 Å². The van der Waals surface area contributed by atoms with Crippen LogP contribution in [0.3, 0.4) is 0 Å². The van der Waals surface area contributed by atoms with Crippen LogP contribution in [0.1, 0.15) is 24.0 Å². The van der Waals surface area contributed by atoms with Crippen molar-refractivity contribution in [2.24, 2.45) is 0 Å². The normalized spacial score (nSPS) is 15.3. The van der Waals surface area contributed by atoms with E-state index in [1.165, 1.54) is 17.7 Å².